The zero-order valence-electron chi connectivity index (χ0n) is 78.3. The fourth-order valence-electron chi connectivity index (χ4n) is 7.28. The quantitative estimate of drug-likeness (QED) is 0.0298. The highest BCUT2D eigenvalue weighted by Gasteiger charge is 2.31. The molecule has 116 heavy (non-hydrogen) atoms. The van der Waals surface area contributed by atoms with E-state index in [0.29, 0.717) is 137 Å². The Kier molecular flexibility index (Phi) is 166. The molecule has 2 atom stereocenters. The maximum atomic E-state index is 5.36. The summed E-state index contributed by atoms with van der Waals surface area (Å²) in [5.41, 5.74) is 78.1. The van der Waals surface area contributed by atoms with E-state index in [1.807, 2.05) is 83.1 Å². The van der Waals surface area contributed by atoms with Gasteiger partial charge in [0.15, 0.2) is 37.7 Å². The molecular formula is C80H199N15O21. The lowest BCUT2D eigenvalue weighted by atomic mass is 10.2. The zero-order chi connectivity index (χ0) is 90.9. The van der Waals surface area contributed by atoms with E-state index < -0.39 is 0 Å². The van der Waals surface area contributed by atoms with Crippen molar-refractivity contribution in [2.45, 2.75) is 255 Å². The molecule has 0 saturated carbocycles. The Morgan fingerprint density at radius 2 is 0.724 bits per heavy atom. The van der Waals surface area contributed by atoms with Crippen molar-refractivity contribution in [2.75, 3.05) is 273 Å². The van der Waals surface area contributed by atoms with Crippen LogP contribution in [0.1, 0.15) is 193 Å². The maximum absolute atomic E-state index is 5.36. The van der Waals surface area contributed by atoms with Gasteiger partial charge in [0.25, 0.3) is 0 Å². The van der Waals surface area contributed by atoms with Crippen LogP contribution in [0, 0.1) is 0 Å². The second-order valence-corrected chi connectivity index (χ2v) is 25.2. The van der Waals surface area contributed by atoms with E-state index in [1.54, 1.807) is 42.7 Å². The number of ether oxygens (including phenoxy) is 21. The second kappa shape index (κ2) is 137. The molecule has 3 aliphatic heterocycles. The van der Waals surface area contributed by atoms with Gasteiger partial charge in [-0.15, -0.1) is 0 Å². The van der Waals surface area contributed by atoms with Gasteiger partial charge in [0.05, 0.1) is 63.6 Å². The summed E-state index contributed by atoms with van der Waals surface area (Å²) in [6.07, 6.45) is 15.5. The van der Waals surface area contributed by atoms with Crippen LogP contribution in [0.25, 0.3) is 0 Å². The monoisotopic (exact) mass is 1710 g/mol. The molecule has 0 aliphatic carbocycles. The minimum absolute atomic E-state index is 0.0139. The van der Waals surface area contributed by atoms with Crippen LogP contribution in [0.15, 0.2) is 0 Å². The van der Waals surface area contributed by atoms with E-state index >= 15 is 0 Å². The highest BCUT2D eigenvalue weighted by Crippen LogP contribution is 2.20. The molecular weight excluding hydrogens is 1510 g/mol. The van der Waals surface area contributed by atoms with Crippen LogP contribution in [0.4, 0.5) is 0 Å². The molecule has 0 aromatic rings. The van der Waals surface area contributed by atoms with Gasteiger partial charge in [-0.1, -0.05) is 20.3 Å². The molecule has 0 radical (unpaired) electrons. The van der Waals surface area contributed by atoms with Gasteiger partial charge < -0.3 is 185 Å². The third-order valence-corrected chi connectivity index (χ3v) is 13.2. The Labute approximate surface area is 710 Å². The molecule has 0 spiro atoms. The van der Waals surface area contributed by atoms with Crippen molar-refractivity contribution in [3.05, 3.63) is 0 Å². The van der Waals surface area contributed by atoms with E-state index in [2.05, 4.69) is 18.6 Å². The third-order valence-electron chi connectivity index (χ3n) is 13.2. The lowest BCUT2D eigenvalue weighted by molar-refractivity contribution is -0.139. The Balaban J connectivity index is -0.000000100. The Morgan fingerprint density at radius 1 is 0.328 bits per heavy atom. The zero-order valence-corrected chi connectivity index (χ0v) is 78.3. The number of unbranched alkanes of at least 4 members (excludes halogenated alkanes) is 1. The molecule has 0 amide bonds. The van der Waals surface area contributed by atoms with Gasteiger partial charge in [-0.3, -0.25) is 0 Å². The van der Waals surface area contributed by atoms with Crippen LogP contribution in [-0.4, -0.2) is 335 Å². The molecule has 36 nitrogen and oxygen atoms in total. The van der Waals surface area contributed by atoms with Crippen molar-refractivity contribution in [1.82, 2.24) is 0 Å². The average molecular weight is 1710 g/mol. The molecule has 720 valence electrons. The fourth-order valence-corrected chi connectivity index (χ4v) is 7.28. The summed E-state index contributed by atoms with van der Waals surface area (Å²) >= 11 is 0. The van der Waals surface area contributed by atoms with Crippen molar-refractivity contribution in [3.8, 4) is 0 Å². The minimum atomic E-state index is -0.236. The molecule has 0 aromatic carbocycles. The Bertz CT molecular complexity index is 1450. The van der Waals surface area contributed by atoms with Crippen LogP contribution >= 0.6 is 0 Å². The number of rotatable bonds is 54. The van der Waals surface area contributed by atoms with Gasteiger partial charge in [0.1, 0.15) is 0 Å². The summed E-state index contributed by atoms with van der Waals surface area (Å²) in [5.74, 6) is 0. The molecule has 3 aliphatic rings. The van der Waals surface area contributed by atoms with Crippen LogP contribution in [0.5, 0.6) is 0 Å². The summed E-state index contributed by atoms with van der Waals surface area (Å²) in [5, 5.41) is 0. The minimum Gasteiger partial charge on any atom is -0.385 e. The molecule has 0 aromatic heterocycles. The van der Waals surface area contributed by atoms with Crippen molar-refractivity contribution < 1.29 is 99.5 Å². The largest absolute Gasteiger partial charge is 0.385 e. The average Bonchev–Trinajstić information content (AvgIpc) is 1.74. The van der Waals surface area contributed by atoms with Crippen LogP contribution < -0.4 is 86.0 Å². The SMILES string of the molecule is CC(C)OCCCN.CC(C)OCCN.CC1(C)COC(CN)O1.CCCCOCCCN.CCCOCCCN.CCOC(CCCN)OCC.CCOC(CN)OCC.CCOCCCN.CCOCCN.COC(CCCN)OC.COC(CN)OC.COCCCN.COCCN.NCC1CCCO1.NCCC1OCCO1. The van der Waals surface area contributed by atoms with Crippen molar-refractivity contribution in [3.63, 3.8) is 0 Å². The molecule has 3 rings (SSSR count). The molecule has 0 bridgehead atoms. The van der Waals surface area contributed by atoms with Gasteiger partial charge in [0, 0.05) is 187 Å². The molecule has 36 heteroatoms. The maximum Gasteiger partial charge on any atom is 0.170 e. The Hall–Kier alpha value is -1.44. The first-order valence-electron chi connectivity index (χ1n) is 42.7. The molecule has 3 fully saturated rings. The smallest absolute Gasteiger partial charge is 0.170 e. The number of nitrogens with two attached hydrogens (primary N) is 15. The highest BCUT2D eigenvalue weighted by atomic mass is 16.7. The van der Waals surface area contributed by atoms with E-state index in [-0.39, 0.29) is 43.3 Å². The fraction of sp³-hybridized carbons (Fsp3) is 1.00. The van der Waals surface area contributed by atoms with Crippen LogP contribution in [0.3, 0.4) is 0 Å². The number of methoxy groups -OCH3 is 6. The highest BCUT2D eigenvalue weighted by molar-refractivity contribution is 4.74. The molecule has 3 saturated heterocycles. The van der Waals surface area contributed by atoms with Crippen molar-refractivity contribution in [1.29, 1.82) is 0 Å². The lowest BCUT2D eigenvalue weighted by Crippen LogP contribution is -2.26. The molecule has 2 unspecified atom stereocenters. The standard InChI is InChI=1S/C8H19NO2.C7H17NO.C6H13NO2.2C6H15NO2.2C6H15NO.C5H11NO2.C5H11NO.2C5H13NO.C4H11NO2.2C4H11NO.C3H9NO/c1-3-10-8(11-4-2)6-5-7-9;1-2-3-6-9-7-4-5-8;1-6(2)4-8-5(3-7)9-6;1-8-6(9-2)4-3-5-7;1-3-8-6(5-7)9-4-2;1-6(2)8-5-3-4-7;1-2-5-8-6-3-4-7;6-2-1-5-7-3-4-8-5;6-4-5-2-1-3-7-5;1-5(2)7-4-3-6;1-2-7-5-3-4-6;1-6-4(3-5)7-2;1-6-4-2-3-5;1-2-6-4-3-5;1-5-3-2-4/h8H,3-7,9H2,1-2H3;2-8H2,1H3;5H,3-4,7H2,1-2H3;2*6H,3-5,7H2,1-2H3;6H,3-5,7H2,1-2H3;2-7H2,1H3;5H,1-4,6H2;5H,1-4,6H2;5H,3-4,6H2,1-2H3;2-6H2,1H3;4H,3,5H2,1-2H3;2*2-5H2,1H3;2-4H2,1H3. The third kappa shape index (κ3) is 157. The summed E-state index contributed by atoms with van der Waals surface area (Å²) in [6.45, 7) is 52.7. The first kappa shape index (κ1) is 140. The summed E-state index contributed by atoms with van der Waals surface area (Å²) in [4.78, 5) is 0. The van der Waals surface area contributed by atoms with Crippen molar-refractivity contribution in [2.24, 2.45) is 86.0 Å². The van der Waals surface area contributed by atoms with Gasteiger partial charge in [-0.25, -0.2) is 0 Å². The van der Waals surface area contributed by atoms with E-state index in [1.165, 1.54) is 19.3 Å². The predicted molar refractivity (Wildman–Crippen MR) is 477 cm³/mol. The summed E-state index contributed by atoms with van der Waals surface area (Å²) in [7, 11) is 9.68. The summed E-state index contributed by atoms with van der Waals surface area (Å²) in [6, 6.07) is 0. The Morgan fingerprint density at radius 3 is 0.991 bits per heavy atom. The first-order chi connectivity index (χ1) is 55.9. The van der Waals surface area contributed by atoms with E-state index in [9.17, 15) is 0 Å². The van der Waals surface area contributed by atoms with E-state index in [4.69, 9.17) is 181 Å². The molecule has 30 N–H and O–H groups in total. The van der Waals surface area contributed by atoms with Gasteiger partial charge >= 0.3 is 0 Å². The summed E-state index contributed by atoms with van der Waals surface area (Å²) < 4.78 is 106. The van der Waals surface area contributed by atoms with Crippen LogP contribution in [-0.2, 0) is 99.5 Å². The van der Waals surface area contributed by atoms with Gasteiger partial charge in [0.2, 0.25) is 0 Å². The second-order valence-electron chi connectivity index (χ2n) is 25.2. The van der Waals surface area contributed by atoms with Crippen LogP contribution in [0.2, 0.25) is 0 Å². The number of hydrogen-bond donors (Lipinski definition) is 15. The van der Waals surface area contributed by atoms with Gasteiger partial charge in [-0.2, -0.15) is 0 Å². The molecule has 3 heterocycles. The van der Waals surface area contributed by atoms with Crippen molar-refractivity contribution >= 4 is 0 Å². The van der Waals surface area contributed by atoms with Gasteiger partial charge in [-0.05, 0) is 219 Å². The predicted octanol–water partition coefficient (Wildman–Crippen LogP) is 4.28. The normalized spacial score (nSPS) is 13.9. The topological polar surface area (TPSA) is 584 Å². The first-order valence-corrected chi connectivity index (χ1v) is 42.7. The number of hydrogen-bond acceptors (Lipinski definition) is 36. The van der Waals surface area contributed by atoms with E-state index in [0.717, 1.165) is 189 Å². The lowest BCUT2D eigenvalue weighted by Gasteiger charge is -2.15.